The van der Waals surface area contributed by atoms with Gasteiger partial charge in [0, 0.05) is 33.2 Å². The van der Waals surface area contributed by atoms with E-state index in [1.165, 1.54) is 0 Å². The summed E-state index contributed by atoms with van der Waals surface area (Å²) in [7, 11) is 0. The summed E-state index contributed by atoms with van der Waals surface area (Å²) in [6.07, 6.45) is 0. The Hall–Kier alpha value is -7.64. The topological polar surface area (TPSA) is 81.8 Å². The van der Waals surface area contributed by atoms with Crippen molar-refractivity contribution in [2.45, 2.75) is 0 Å². The Bertz CT molecular complexity index is 2890. The van der Waals surface area contributed by atoms with Gasteiger partial charge in [-0.1, -0.05) is 170 Å². The molecule has 10 aromatic rings. The van der Waals surface area contributed by atoms with Crippen LogP contribution in [0.5, 0.6) is 0 Å². The molecule has 7 aromatic carbocycles. The van der Waals surface area contributed by atoms with Crippen molar-refractivity contribution in [3.63, 3.8) is 0 Å². The molecule has 0 aliphatic heterocycles. The molecule has 0 radical (unpaired) electrons. The average Bonchev–Trinajstić information content (AvgIpc) is 3.73. The summed E-state index contributed by atoms with van der Waals surface area (Å²) < 4.78 is 1.88. The van der Waals surface area contributed by atoms with Gasteiger partial charge in [-0.2, -0.15) is 4.52 Å². The molecule has 0 saturated carbocycles. The number of aromatic nitrogens is 7. The lowest BCUT2D eigenvalue weighted by Crippen LogP contribution is -2.00. The fourth-order valence-corrected chi connectivity index (χ4v) is 6.89. The first kappa shape index (κ1) is 32.0. The quantitative estimate of drug-likeness (QED) is 0.164. The van der Waals surface area contributed by atoms with E-state index in [4.69, 9.17) is 30.0 Å². The van der Waals surface area contributed by atoms with Crippen LogP contribution in [0.1, 0.15) is 0 Å². The second-order valence-corrected chi connectivity index (χ2v) is 13.3. The normalized spacial score (nSPS) is 11.3. The summed E-state index contributed by atoms with van der Waals surface area (Å²) in [6, 6.07) is 63.7. The Labute approximate surface area is 317 Å². The highest BCUT2D eigenvalue weighted by atomic mass is 15.3. The van der Waals surface area contributed by atoms with E-state index in [0.29, 0.717) is 23.3 Å². The van der Waals surface area contributed by atoms with E-state index in [9.17, 15) is 0 Å². The third-order valence-corrected chi connectivity index (χ3v) is 9.73. The van der Waals surface area contributed by atoms with E-state index in [-0.39, 0.29) is 0 Å². The van der Waals surface area contributed by atoms with Crippen LogP contribution in [0.4, 0.5) is 0 Å². The third kappa shape index (κ3) is 6.19. The highest BCUT2D eigenvalue weighted by Gasteiger charge is 2.17. The zero-order valence-electron chi connectivity index (χ0n) is 29.5. The number of fused-ring (bicyclic) bond motifs is 3. The van der Waals surface area contributed by atoms with Crippen LogP contribution in [0.25, 0.3) is 95.7 Å². The maximum absolute atomic E-state index is 5.09. The molecular formula is C48H31N7. The minimum atomic E-state index is 0.626. The zero-order valence-corrected chi connectivity index (χ0v) is 29.5. The van der Waals surface area contributed by atoms with Crippen molar-refractivity contribution in [1.82, 2.24) is 34.5 Å². The molecule has 0 N–H and O–H groups in total. The standard InChI is InChI=1S/C48H31N7/c1-4-13-32(14-5-1)39-19-12-20-40(31-39)47-49-42-22-11-10-21-41(42)48-53-46(54-55(47)48)38-29-25-34(26-30-38)33-23-27-37(28-24-33)45-51-43(35-15-6-2-7-16-35)50-44(52-45)36-17-8-3-9-18-36/h1-31H. The molecule has 0 saturated heterocycles. The van der Waals surface area contributed by atoms with Gasteiger partial charge < -0.3 is 0 Å². The number of rotatable bonds is 7. The van der Waals surface area contributed by atoms with Gasteiger partial charge in [-0.25, -0.2) is 24.9 Å². The minimum Gasteiger partial charge on any atom is -0.228 e. The summed E-state index contributed by atoms with van der Waals surface area (Å²) in [4.78, 5) is 24.8. The largest absolute Gasteiger partial charge is 0.228 e. The maximum Gasteiger partial charge on any atom is 0.182 e. The van der Waals surface area contributed by atoms with E-state index < -0.39 is 0 Å². The Morgan fingerprint density at radius 2 is 0.709 bits per heavy atom. The first-order valence-corrected chi connectivity index (χ1v) is 18.1. The van der Waals surface area contributed by atoms with Crippen molar-refractivity contribution in [3.05, 3.63) is 188 Å². The van der Waals surface area contributed by atoms with Crippen molar-refractivity contribution in [2.75, 3.05) is 0 Å². The Morgan fingerprint density at radius 1 is 0.291 bits per heavy atom. The van der Waals surface area contributed by atoms with Crippen LogP contribution in [0.2, 0.25) is 0 Å². The predicted octanol–water partition coefficient (Wildman–Crippen LogP) is 11.1. The van der Waals surface area contributed by atoms with Crippen molar-refractivity contribution < 1.29 is 0 Å². The summed E-state index contributed by atoms with van der Waals surface area (Å²) in [5.41, 5.74) is 10.8. The van der Waals surface area contributed by atoms with E-state index in [1.54, 1.807) is 0 Å². The van der Waals surface area contributed by atoms with Gasteiger partial charge in [-0.15, -0.1) is 5.10 Å². The molecule has 0 amide bonds. The van der Waals surface area contributed by atoms with Gasteiger partial charge in [0.05, 0.1) is 5.52 Å². The van der Waals surface area contributed by atoms with Gasteiger partial charge in [-0.05, 0) is 40.5 Å². The van der Waals surface area contributed by atoms with Gasteiger partial charge in [0.1, 0.15) is 0 Å². The van der Waals surface area contributed by atoms with Gasteiger partial charge in [0.15, 0.2) is 34.8 Å². The number of para-hydroxylation sites is 1. The van der Waals surface area contributed by atoms with E-state index in [0.717, 1.165) is 72.4 Å². The minimum absolute atomic E-state index is 0.626. The fourth-order valence-electron chi connectivity index (χ4n) is 6.89. The highest BCUT2D eigenvalue weighted by molar-refractivity contribution is 5.93. The Kier molecular flexibility index (Phi) is 8.00. The van der Waals surface area contributed by atoms with E-state index in [2.05, 4.69) is 103 Å². The smallest absolute Gasteiger partial charge is 0.182 e. The molecule has 7 nitrogen and oxygen atoms in total. The van der Waals surface area contributed by atoms with Gasteiger partial charge >= 0.3 is 0 Å². The molecule has 0 atom stereocenters. The lowest BCUT2D eigenvalue weighted by molar-refractivity contribution is 0.949. The van der Waals surface area contributed by atoms with Crippen LogP contribution >= 0.6 is 0 Å². The van der Waals surface area contributed by atoms with Crippen LogP contribution in [0.3, 0.4) is 0 Å². The lowest BCUT2D eigenvalue weighted by Gasteiger charge is -2.09. The highest BCUT2D eigenvalue weighted by Crippen LogP contribution is 2.32. The van der Waals surface area contributed by atoms with Crippen LogP contribution in [0.15, 0.2) is 188 Å². The molecule has 0 fully saturated rings. The van der Waals surface area contributed by atoms with Crippen molar-refractivity contribution >= 4 is 16.6 Å². The molecule has 258 valence electrons. The van der Waals surface area contributed by atoms with Gasteiger partial charge in [0.2, 0.25) is 0 Å². The van der Waals surface area contributed by atoms with Crippen LogP contribution in [0, 0.1) is 0 Å². The Morgan fingerprint density at radius 3 is 1.29 bits per heavy atom. The molecule has 3 aromatic heterocycles. The van der Waals surface area contributed by atoms with Crippen molar-refractivity contribution in [1.29, 1.82) is 0 Å². The van der Waals surface area contributed by atoms with Crippen molar-refractivity contribution in [2.24, 2.45) is 0 Å². The second kappa shape index (κ2) is 13.7. The molecule has 0 aliphatic carbocycles. The summed E-state index contributed by atoms with van der Waals surface area (Å²) in [5, 5.41) is 5.99. The van der Waals surface area contributed by atoms with Crippen LogP contribution < -0.4 is 0 Å². The van der Waals surface area contributed by atoms with Gasteiger partial charge in [0.25, 0.3) is 0 Å². The van der Waals surface area contributed by atoms with Gasteiger partial charge in [-0.3, -0.25) is 0 Å². The number of hydrogen-bond donors (Lipinski definition) is 0. The molecule has 55 heavy (non-hydrogen) atoms. The molecule has 0 spiro atoms. The first-order valence-electron chi connectivity index (χ1n) is 18.1. The summed E-state index contributed by atoms with van der Waals surface area (Å²) in [5.74, 6) is 3.29. The molecule has 3 heterocycles. The number of hydrogen-bond acceptors (Lipinski definition) is 6. The summed E-state index contributed by atoms with van der Waals surface area (Å²) >= 11 is 0. The molecule has 0 bridgehead atoms. The third-order valence-electron chi connectivity index (χ3n) is 9.73. The molecule has 10 rings (SSSR count). The number of benzene rings is 7. The second-order valence-electron chi connectivity index (χ2n) is 13.3. The average molecular weight is 706 g/mol. The van der Waals surface area contributed by atoms with E-state index in [1.807, 2.05) is 89.4 Å². The SMILES string of the molecule is c1ccc(-c2cccc(-c3nc4ccccc4c4nc(-c5ccc(-c6ccc(-c7nc(-c8ccccc8)nc(-c8ccccc8)n7)cc6)cc5)nn34)c2)cc1. The fraction of sp³-hybridized carbons (Fsp3) is 0. The lowest BCUT2D eigenvalue weighted by atomic mass is 10.0. The molecule has 0 aliphatic rings. The summed E-state index contributed by atoms with van der Waals surface area (Å²) in [6.45, 7) is 0. The Balaban J connectivity index is 0.980. The van der Waals surface area contributed by atoms with Crippen molar-refractivity contribution in [3.8, 4) is 79.2 Å². The predicted molar refractivity (Wildman–Crippen MR) is 220 cm³/mol. The van der Waals surface area contributed by atoms with Crippen LogP contribution in [-0.2, 0) is 0 Å². The molecular weight excluding hydrogens is 675 g/mol. The molecule has 7 heteroatoms. The van der Waals surface area contributed by atoms with Crippen LogP contribution in [-0.4, -0.2) is 34.5 Å². The number of nitrogens with zero attached hydrogens (tertiary/aromatic N) is 7. The molecule has 0 unspecified atom stereocenters. The first-order chi connectivity index (χ1) is 27.2. The monoisotopic (exact) mass is 705 g/mol. The maximum atomic E-state index is 5.09. The zero-order chi connectivity index (χ0) is 36.6. The van der Waals surface area contributed by atoms with E-state index >= 15 is 0 Å².